The van der Waals surface area contributed by atoms with E-state index in [1.54, 1.807) is 3.58 Å². The standard InChI is InChI=1S/C15H17N2S.3C4H9.Sn/c1-17(2)11-12-7-3-5-9-14(12)18-15-10-6-4-8-13(15)16;3*1-3-4-2;/h3,5-10H,11,16H2,1-2H3;3*1,3-4H2,2H3;. The number of nitrogen functional groups attached to an aromatic ring is 1. The van der Waals surface area contributed by atoms with Crippen molar-refractivity contribution >= 4 is 39.4 Å². The molecular formula is C27H44N2SSn. The number of hydrogen-bond donors (Lipinski definition) is 1. The maximum absolute atomic E-state index is 6.71. The molecule has 0 bridgehead atoms. The molecule has 31 heavy (non-hydrogen) atoms. The summed E-state index contributed by atoms with van der Waals surface area (Å²) in [6.07, 6.45) is 8.09. The van der Waals surface area contributed by atoms with E-state index in [2.05, 4.69) is 82.2 Å². The van der Waals surface area contributed by atoms with Gasteiger partial charge in [-0.1, -0.05) is 0 Å². The number of benzene rings is 2. The molecule has 172 valence electrons. The van der Waals surface area contributed by atoms with Crippen molar-refractivity contribution < 1.29 is 0 Å². The number of anilines is 1. The molecule has 0 unspecified atom stereocenters. The predicted molar refractivity (Wildman–Crippen MR) is 143 cm³/mol. The van der Waals surface area contributed by atoms with Gasteiger partial charge in [-0.15, -0.1) is 0 Å². The van der Waals surface area contributed by atoms with Gasteiger partial charge in [0, 0.05) is 0 Å². The van der Waals surface area contributed by atoms with Crippen LogP contribution in [0.15, 0.2) is 52.3 Å². The molecule has 0 heterocycles. The van der Waals surface area contributed by atoms with Crippen LogP contribution in [0.4, 0.5) is 5.69 Å². The van der Waals surface area contributed by atoms with E-state index >= 15 is 0 Å². The number of hydrogen-bond acceptors (Lipinski definition) is 3. The van der Waals surface area contributed by atoms with Gasteiger partial charge in [0.05, 0.1) is 0 Å². The first kappa shape index (κ1) is 26.6. The van der Waals surface area contributed by atoms with Crippen LogP contribution in [-0.4, -0.2) is 37.4 Å². The monoisotopic (exact) mass is 548 g/mol. The fourth-order valence-corrected chi connectivity index (χ4v) is 21.5. The fourth-order valence-electron chi connectivity index (χ4n) is 4.52. The summed E-state index contributed by atoms with van der Waals surface area (Å²) in [6.45, 7) is 7.98. The number of nitrogens with zero attached hydrogens (tertiary/aromatic N) is 1. The van der Waals surface area contributed by atoms with Gasteiger partial charge in [0.1, 0.15) is 0 Å². The molecule has 0 radical (unpaired) electrons. The summed E-state index contributed by atoms with van der Waals surface area (Å²) < 4.78 is 6.14. The molecular weight excluding hydrogens is 503 g/mol. The van der Waals surface area contributed by atoms with Crippen LogP contribution in [0.25, 0.3) is 0 Å². The third-order valence-corrected chi connectivity index (χ3v) is 23.1. The van der Waals surface area contributed by atoms with Gasteiger partial charge in [0.2, 0.25) is 0 Å². The Balaban J connectivity index is 2.34. The van der Waals surface area contributed by atoms with Crippen LogP contribution in [0.1, 0.15) is 64.9 Å². The van der Waals surface area contributed by atoms with Gasteiger partial charge in [0.25, 0.3) is 0 Å². The van der Waals surface area contributed by atoms with Crippen molar-refractivity contribution in [2.24, 2.45) is 0 Å². The van der Waals surface area contributed by atoms with Gasteiger partial charge in [-0.3, -0.25) is 0 Å². The average Bonchev–Trinajstić information content (AvgIpc) is 2.76. The van der Waals surface area contributed by atoms with E-state index in [1.807, 2.05) is 11.8 Å². The van der Waals surface area contributed by atoms with Gasteiger partial charge < -0.3 is 0 Å². The minimum atomic E-state index is -2.43. The molecule has 0 saturated carbocycles. The summed E-state index contributed by atoms with van der Waals surface area (Å²) in [7, 11) is 4.25. The first-order valence-electron chi connectivity index (χ1n) is 12.3. The summed E-state index contributed by atoms with van der Waals surface area (Å²) in [4.78, 5) is 4.74. The molecule has 0 fully saturated rings. The van der Waals surface area contributed by atoms with Crippen LogP contribution < -0.4 is 9.31 Å². The van der Waals surface area contributed by atoms with E-state index < -0.39 is 18.4 Å². The molecule has 0 spiro atoms. The zero-order chi connectivity index (χ0) is 22.7. The predicted octanol–water partition coefficient (Wildman–Crippen LogP) is 7.54. The Morgan fingerprint density at radius 3 is 1.90 bits per heavy atom. The summed E-state index contributed by atoms with van der Waals surface area (Å²) in [6, 6.07) is 15.9. The van der Waals surface area contributed by atoms with Gasteiger partial charge in [-0.05, 0) is 0 Å². The van der Waals surface area contributed by atoms with Gasteiger partial charge in [-0.25, -0.2) is 0 Å². The molecule has 0 saturated heterocycles. The molecule has 0 aromatic heterocycles. The fraction of sp³-hybridized carbons (Fsp3) is 0.556. The Morgan fingerprint density at radius 2 is 1.39 bits per heavy atom. The van der Waals surface area contributed by atoms with Crippen molar-refractivity contribution in [1.29, 1.82) is 0 Å². The second-order valence-corrected chi connectivity index (χ2v) is 23.6. The Hall–Kier alpha value is -0.651. The zero-order valence-corrected chi connectivity index (χ0v) is 24.2. The molecule has 0 aliphatic rings. The number of rotatable bonds is 14. The van der Waals surface area contributed by atoms with Crippen LogP contribution in [0.2, 0.25) is 13.3 Å². The molecule has 2 nitrogen and oxygen atoms in total. The molecule has 4 heteroatoms. The van der Waals surface area contributed by atoms with Crippen molar-refractivity contribution in [2.45, 2.75) is 88.9 Å². The van der Waals surface area contributed by atoms with Crippen LogP contribution in [-0.2, 0) is 6.54 Å². The first-order chi connectivity index (χ1) is 15.0. The van der Waals surface area contributed by atoms with E-state index in [9.17, 15) is 0 Å². The third-order valence-electron chi connectivity index (χ3n) is 6.33. The summed E-state index contributed by atoms with van der Waals surface area (Å²) in [5.41, 5.74) is 9.05. The van der Waals surface area contributed by atoms with Crippen molar-refractivity contribution in [2.75, 3.05) is 19.8 Å². The van der Waals surface area contributed by atoms with Crippen LogP contribution in [0, 0.1) is 0 Å². The quantitative estimate of drug-likeness (QED) is 0.196. The SMILES string of the molecule is CCC[CH2][Sn]([CH2]CCC)([CH2]CCC)[c]1ccc(Sc2ccccc2CN(C)C)c(N)c1. The van der Waals surface area contributed by atoms with Gasteiger partial charge >= 0.3 is 201 Å². The van der Waals surface area contributed by atoms with E-state index in [4.69, 9.17) is 5.73 Å². The topological polar surface area (TPSA) is 29.3 Å². The molecule has 0 aliphatic heterocycles. The maximum atomic E-state index is 6.71. The molecule has 2 rings (SSSR count). The van der Waals surface area contributed by atoms with Crippen molar-refractivity contribution in [3.8, 4) is 0 Å². The van der Waals surface area contributed by atoms with Crippen molar-refractivity contribution in [1.82, 2.24) is 4.90 Å². The first-order valence-corrected chi connectivity index (χ1v) is 20.6. The Labute approximate surface area is 200 Å². The third kappa shape index (κ3) is 8.01. The molecule has 0 aliphatic carbocycles. The Morgan fingerprint density at radius 1 is 0.806 bits per heavy atom. The summed E-state index contributed by atoms with van der Waals surface area (Å²) in [5.74, 6) is 0. The second-order valence-electron chi connectivity index (χ2n) is 9.29. The minimum absolute atomic E-state index is 0.950. The second kappa shape index (κ2) is 13.8. The van der Waals surface area contributed by atoms with Crippen LogP contribution in [0.5, 0.6) is 0 Å². The van der Waals surface area contributed by atoms with Crippen LogP contribution in [0.3, 0.4) is 0 Å². The zero-order valence-electron chi connectivity index (χ0n) is 20.5. The summed E-state index contributed by atoms with van der Waals surface area (Å²) >= 11 is -0.598. The molecule has 2 N–H and O–H groups in total. The molecule has 0 amide bonds. The summed E-state index contributed by atoms with van der Waals surface area (Å²) in [5, 5.41) is 0. The molecule has 2 aromatic rings. The Bertz CT molecular complexity index is 769. The number of nitrogens with two attached hydrogens (primary N) is 1. The normalized spacial score (nSPS) is 11.9. The average molecular weight is 547 g/mol. The van der Waals surface area contributed by atoms with Crippen molar-refractivity contribution in [3.05, 3.63) is 48.0 Å². The van der Waals surface area contributed by atoms with Crippen LogP contribution >= 0.6 is 11.8 Å². The van der Waals surface area contributed by atoms with E-state index in [1.165, 1.54) is 67.2 Å². The molecule has 0 atom stereocenters. The molecule has 2 aromatic carbocycles. The van der Waals surface area contributed by atoms with Gasteiger partial charge in [-0.2, -0.15) is 0 Å². The number of unbranched alkanes of at least 4 members (excludes halogenated alkanes) is 3. The Kier molecular flexibility index (Phi) is 11.8. The van der Waals surface area contributed by atoms with E-state index in [-0.39, 0.29) is 0 Å². The van der Waals surface area contributed by atoms with Crippen molar-refractivity contribution in [3.63, 3.8) is 0 Å². The van der Waals surface area contributed by atoms with E-state index in [0.717, 1.165) is 12.2 Å². The van der Waals surface area contributed by atoms with Gasteiger partial charge in [0.15, 0.2) is 0 Å². The van der Waals surface area contributed by atoms with E-state index in [0.29, 0.717) is 0 Å².